The molecule has 0 radical (unpaired) electrons. The molecule has 124 valence electrons. The highest BCUT2D eigenvalue weighted by Crippen LogP contribution is 2.43. The van der Waals surface area contributed by atoms with Crippen molar-refractivity contribution in [2.24, 2.45) is 0 Å². The minimum Gasteiger partial charge on any atom is -0.333 e. The van der Waals surface area contributed by atoms with E-state index in [4.69, 9.17) is 0 Å². The third-order valence-corrected chi connectivity index (χ3v) is 5.57. The van der Waals surface area contributed by atoms with Gasteiger partial charge in [-0.2, -0.15) is 0 Å². The van der Waals surface area contributed by atoms with Gasteiger partial charge in [0.1, 0.15) is 5.82 Å². The second-order valence-electron chi connectivity index (χ2n) is 7.19. The molecule has 0 saturated carbocycles. The van der Waals surface area contributed by atoms with Crippen molar-refractivity contribution >= 4 is 5.91 Å². The zero-order valence-electron chi connectivity index (χ0n) is 13.9. The predicted molar refractivity (Wildman–Crippen MR) is 92.5 cm³/mol. The first kappa shape index (κ1) is 15.4. The number of halogens is 1. The van der Waals surface area contributed by atoms with Crippen molar-refractivity contribution in [1.82, 2.24) is 4.90 Å². The molecule has 3 heteroatoms. The number of rotatable bonds is 2. The number of hydrogen-bond acceptors (Lipinski definition) is 1. The quantitative estimate of drug-likeness (QED) is 0.785. The SMILES string of the molecule is Cc1cccc(C(=O)N2[C@@H]3CC[C@H]2CC(c2ccc(F)cc2)C3)c1. The van der Waals surface area contributed by atoms with E-state index in [9.17, 15) is 9.18 Å². The highest BCUT2D eigenvalue weighted by Gasteiger charge is 2.43. The van der Waals surface area contributed by atoms with E-state index in [0.717, 1.165) is 36.8 Å². The Kier molecular flexibility index (Phi) is 3.87. The molecule has 2 fully saturated rings. The summed E-state index contributed by atoms with van der Waals surface area (Å²) < 4.78 is 13.2. The Morgan fingerprint density at radius 2 is 1.71 bits per heavy atom. The number of amides is 1. The lowest BCUT2D eigenvalue weighted by molar-refractivity contribution is 0.0571. The highest BCUT2D eigenvalue weighted by molar-refractivity contribution is 5.95. The number of nitrogens with zero attached hydrogens (tertiary/aromatic N) is 1. The van der Waals surface area contributed by atoms with Crippen LogP contribution in [0.2, 0.25) is 0 Å². The maximum atomic E-state index is 13.2. The molecule has 0 N–H and O–H groups in total. The van der Waals surface area contributed by atoms with E-state index in [1.807, 2.05) is 43.3 Å². The first-order valence-corrected chi connectivity index (χ1v) is 8.76. The summed E-state index contributed by atoms with van der Waals surface area (Å²) in [5, 5.41) is 0. The molecular weight excluding hydrogens is 301 g/mol. The fourth-order valence-electron chi connectivity index (χ4n) is 4.44. The van der Waals surface area contributed by atoms with Crippen molar-refractivity contribution in [1.29, 1.82) is 0 Å². The van der Waals surface area contributed by atoms with Crippen LogP contribution >= 0.6 is 0 Å². The minimum absolute atomic E-state index is 0.170. The molecule has 3 atom stereocenters. The summed E-state index contributed by atoms with van der Waals surface area (Å²) in [5.74, 6) is 0.419. The van der Waals surface area contributed by atoms with E-state index in [0.29, 0.717) is 18.0 Å². The van der Waals surface area contributed by atoms with Crippen molar-refractivity contribution in [3.63, 3.8) is 0 Å². The van der Waals surface area contributed by atoms with Gasteiger partial charge in [-0.25, -0.2) is 4.39 Å². The molecule has 1 unspecified atom stereocenters. The largest absolute Gasteiger partial charge is 0.333 e. The third-order valence-electron chi connectivity index (χ3n) is 5.57. The molecule has 1 amide bonds. The van der Waals surface area contributed by atoms with Gasteiger partial charge in [-0.1, -0.05) is 29.8 Å². The summed E-state index contributed by atoms with van der Waals surface area (Å²) in [5.41, 5.74) is 3.12. The summed E-state index contributed by atoms with van der Waals surface area (Å²) in [6.45, 7) is 2.02. The lowest BCUT2D eigenvalue weighted by Crippen LogP contribution is -2.46. The predicted octanol–water partition coefficient (Wildman–Crippen LogP) is 4.68. The Hall–Kier alpha value is -2.16. The first-order chi connectivity index (χ1) is 11.6. The molecule has 0 spiro atoms. The molecule has 2 aliphatic heterocycles. The van der Waals surface area contributed by atoms with E-state index in [1.165, 1.54) is 5.56 Å². The molecule has 2 aliphatic rings. The van der Waals surface area contributed by atoms with Gasteiger partial charge in [-0.15, -0.1) is 0 Å². The van der Waals surface area contributed by atoms with Gasteiger partial charge in [0.15, 0.2) is 0 Å². The summed E-state index contributed by atoms with van der Waals surface area (Å²) in [6, 6.07) is 15.4. The van der Waals surface area contributed by atoms with Crippen LogP contribution in [0.5, 0.6) is 0 Å². The normalized spacial score (nSPS) is 25.8. The number of piperidine rings is 1. The van der Waals surface area contributed by atoms with Gasteiger partial charge in [0.05, 0.1) is 0 Å². The van der Waals surface area contributed by atoms with Crippen molar-refractivity contribution in [3.8, 4) is 0 Å². The van der Waals surface area contributed by atoms with Crippen LogP contribution in [-0.4, -0.2) is 22.9 Å². The Morgan fingerprint density at radius 1 is 1.04 bits per heavy atom. The smallest absolute Gasteiger partial charge is 0.254 e. The number of benzene rings is 2. The van der Waals surface area contributed by atoms with Crippen molar-refractivity contribution < 1.29 is 9.18 Å². The number of carbonyl (C=O) groups excluding carboxylic acids is 1. The van der Waals surface area contributed by atoms with Crippen LogP contribution < -0.4 is 0 Å². The molecular formula is C21H22FNO. The Balaban J connectivity index is 1.55. The highest BCUT2D eigenvalue weighted by atomic mass is 19.1. The first-order valence-electron chi connectivity index (χ1n) is 8.76. The number of fused-ring (bicyclic) bond motifs is 2. The second kappa shape index (κ2) is 6.04. The van der Waals surface area contributed by atoms with Gasteiger partial charge in [0.2, 0.25) is 0 Å². The lowest BCUT2D eigenvalue weighted by Gasteiger charge is -2.39. The number of carbonyl (C=O) groups is 1. The van der Waals surface area contributed by atoms with Crippen LogP contribution in [-0.2, 0) is 0 Å². The van der Waals surface area contributed by atoms with E-state index in [-0.39, 0.29) is 11.7 Å². The number of aryl methyl sites for hydroxylation is 1. The van der Waals surface area contributed by atoms with Crippen molar-refractivity contribution in [2.45, 2.75) is 50.6 Å². The summed E-state index contributed by atoms with van der Waals surface area (Å²) in [4.78, 5) is 15.1. The zero-order chi connectivity index (χ0) is 16.7. The Labute approximate surface area is 142 Å². The van der Waals surface area contributed by atoms with E-state index < -0.39 is 0 Å². The summed E-state index contributed by atoms with van der Waals surface area (Å²) in [7, 11) is 0. The summed E-state index contributed by atoms with van der Waals surface area (Å²) >= 11 is 0. The molecule has 0 aliphatic carbocycles. The van der Waals surface area contributed by atoms with Crippen molar-refractivity contribution in [2.75, 3.05) is 0 Å². The molecule has 2 aromatic rings. The molecule has 0 aromatic heterocycles. The van der Waals surface area contributed by atoms with E-state index in [1.54, 1.807) is 12.1 Å². The standard InChI is InChI=1S/C21H22FNO/c1-14-3-2-4-16(11-14)21(24)23-19-9-10-20(23)13-17(12-19)15-5-7-18(22)8-6-15/h2-8,11,17,19-20H,9-10,12-13H2,1H3/t17?,19-,20+. The average molecular weight is 323 g/mol. The van der Waals surface area contributed by atoms with Crippen LogP contribution in [0.25, 0.3) is 0 Å². The van der Waals surface area contributed by atoms with Gasteiger partial charge in [0, 0.05) is 17.6 Å². The second-order valence-corrected chi connectivity index (χ2v) is 7.19. The van der Waals surface area contributed by atoms with Crippen LogP contribution in [0.15, 0.2) is 48.5 Å². The fourth-order valence-corrected chi connectivity index (χ4v) is 4.44. The van der Waals surface area contributed by atoms with Gasteiger partial charge in [-0.05, 0) is 68.4 Å². The van der Waals surface area contributed by atoms with Crippen LogP contribution in [0, 0.1) is 12.7 Å². The minimum atomic E-state index is -0.186. The van der Waals surface area contributed by atoms with Gasteiger partial charge in [-0.3, -0.25) is 4.79 Å². The number of hydrogen-bond donors (Lipinski definition) is 0. The lowest BCUT2D eigenvalue weighted by atomic mass is 9.84. The van der Waals surface area contributed by atoms with Crippen LogP contribution in [0.1, 0.15) is 53.1 Å². The fraction of sp³-hybridized carbons (Fsp3) is 0.381. The molecule has 2 nitrogen and oxygen atoms in total. The summed E-state index contributed by atoms with van der Waals surface area (Å²) in [6.07, 6.45) is 4.14. The maximum Gasteiger partial charge on any atom is 0.254 e. The monoisotopic (exact) mass is 323 g/mol. The zero-order valence-corrected chi connectivity index (χ0v) is 13.9. The van der Waals surface area contributed by atoms with Crippen LogP contribution in [0.4, 0.5) is 4.39 Å². The van der Waals surface area contributed by atoms with Gasteiger partial charge < -0.3 is 4.90 Å². The molecule has 2 heterocycles. The Bertz CT molecular complexity index is 741. The molecule has 2 bridgehead atoms. The van der Waals surface area contributed by atoms with E-state index in [2.05, 4.69) is 4.90 Å². The maximum absolute atomic E-state index is 13.2. The average Bonchev–Trinajstić information content (AvgIpc) is 2.84. The van der Waals surface area contributed by atoms with E-state index >= 15 is 0 Å². The molecule has 24 heavy (non-hydrogen) atoms. The molecule has 2 saturated heterocycles. The van der Waals surface area contributed by atoms with Gasteiger partial charge in [0.25, 0.3) is 5.91 Å². The van der Waals surface area contributed by atoms with Crippen molar-refractivity contribution in [3.05, 3.63) is 71.0 Å². The van der Waals surface area contributed by atoms with Gasteiger partial charge >= 0.3 is 0 Å². The third kappa shape index (κ3) is 2.72. The Morgan fingerprint density at radius 3 is 2.33 bits per heavy atom. The molecule has 2 aromatic carbocycles. The topological polar surface area (TPSA) is 20.3 Å². The van der Waals surface area contributed by atoms with Crippen LogP contribution in [0.3, 0.4) is 0 Å². The molecule has 4 rings (SSSR count).